The summed E-state index contributed by atoms with van der Waals surface area (Å²) in [5, 5.41) is 15.0. The van der Waals surface area contributed by atoms with Gasteiger partial charge >= 0.3 is 0 Å². The number of nitrogens with zero attached hydrogens (tertiary/aromatic N) is 4. The molecule has 3 heterocycles. The third kappa shape index (κ3) is 4.64. The summed E-state index contributed by atoms with van der Waals surface area (Å²) >= 11 is 0. The minimum Gasteiger partial charge on any atom is -0.478 e. The summed E-state index contributed by atoms with van der Waals surface area (Å²) in [7, 11) is 2.13. The van der Waals surface area contributed by atoms with Gasteiger partial charge in [0.25, 0.3) is 0 Å². The zero-order valence-electron chi connectivity index (χ0n) is 19.4. The van der Waals surface area contributed by atoms with Gasteiger partial charge in [0.15, 0.2) is 5.82 Å². The predicted molar refractivity (Wildman–Crippen MR) is 127 cm³/mol. The van der Waals surface area contributed by atoms with Crippen molar-refractivity contribution >= 4 is 16.6 Å². The number of pyridine rings is 1. The van der Waals surface area contributed by atoms with Gasteiger partial charge < -0.3 is 15.0 Å². The summed E-state index contributed by atoms with van der Waals surface area (Å²) < 4.78 is 5.70. The maximum Gasteiger partial charge on any atom is 0.221 e. The molecule has 1 N–H and O–H groups in total. The number of hydrogen-bond donors (Lipinski definition) is 1. The zero-order valence-corrected chi connectivity index (χ0v) is 19.4. The highest BCUT2D eigenvalue weighted by molar-refractivity contribution is 5.90. The molecule has 0 saturated carbocycles. The first-order chi connectivity index (χ1) is 14.7. The Morgan fingerprint density at radius 2 is 1.77 bits per heavy atom. The fraction of sp³-hybridized carbons (Fsp3) is 0.480. The lowest BCUT2D eigenvalue weighted by Gasteiger charge is -2.49. The number of aromatic nitrogens is 3. The van der Waals surface area contributed by atoms with Crippen molar-refractivity contribution in [2.45, 2.75) is 64.6 Å². The van der Waals surface area contributed by atoms with Crippen LogP contribution in [0.1, 0.15) is 47.5 Å². The Labute approximate surface area is 185 Å². The number of hydrogen-bond acceptors (Lipinski definition) is 6. The number of piperidine rings is 1. The van der Waals surface area contributed by atoms with Crippen LogP contribution in [0, 0.1) is 0 Å². The molecule has 0 spiro atoms. The second-order valence-electron chi connectivity index (χ2n) is 9.83. The Morgan fingerprint density at radius 1 is 1.03 bits per heavy atom. The van der Waals surface area contributed by atoms with Gasteiger partial charge in [-0.15, -0.1) is 10.2 Å². The SMILES string of the molecule is CCOc1nccc2ccc(-c3ccc(N(C)C4CC(C)(C)NC(C)(C)C4)nn3)cc12. The molecule has 1 aliphatic heterocycles. The van der Waals surface area contributed by atoms with E-state index in [0.717, 1.165) is 40.7 Å². The van der Waals surface area contributed by atoms with E-state index in [1.54, 1.807) is 6.20 Å². The molecule has 0 atom stereocenters. The van der Waals surface area contributed by atoms with E-state index in [9.17, 15) is 0 Å². The molecule has 0 aliphatic carbocycles. The highest BCUT2D eigenvalue weighted by Crippen LogP contribution is 2.33. The molecule has 1 aromatic carbocycles. The molecular formula is C25H33N5O. The molecule has 6 heteroatoms. The van der Waals surface area contributed by atoms with Crippen molar-refractivity contribution in [3.8, 4) is 17.1 Å². The fourth-order valence-corrected chi connectivity index (χ4v) is 4.95. The van der Waals surface area contributed by atoms with Crippen molar-refractivity contribution in [3.63, 3.8) is 0 Å². The highest BCUT2D eigenvalue weighted by Gasteiger charge is 2.39. The summed E-state index contributed by atoms with van der Waals surface area (Å²) in [6.07, 6.45) is 3.91. The molecule has 0 unspecified atom stereocenters. The maximum absolute atomic E-state index is 5.70. The van der Waals surface area contributed by atoms with Gasteiger partial charge in [0.2, 0.25) is 5.88 Å². The van der Waals surface area contributed by atoms with Gasteiger partial charge in [-0.2, -0.15) is 0 Å². The highest BCUT2D eigenvalue weighted by atomic mass is 16.5. The summed E-state index contributed by atoms with van der Waals surface area (Å²) in [4.78, 5) is 6.65. The van der Waals surface area contributed by atoms with Crippen LogP contribution in [0.5, 0.6) is 5.88 Å². The molecule has 0 radical (unpaired) electrons. The minimum absolute atomic E-state index is 0.0887. The lowest BCUT2D eigenvalue weighted by molar-refractivity contribution is 0.160. The monoisotopic (exact) mass is 419 g/mol. The van der Waals surface area contributed by atoms with Crippen molar-refractivity contribution in [1.82, 2.24) is 20.5 Å². The molecule has 2 aromatic heterocycles. The zero-order chi connectivity index (χ0) is 22.2. The lowest BCUT2D eigenvalue weighted by Crippen LogP contribution is -2.62. The van der Waals surface area contributed by atoms with E-state index < -0.39 is 0 Å². The second-order valence-corrected chi connectivity index (χ2v) is 9.83. The first kappa shape index (κ1) is 21.5. The minimum atomic E-state index is 0.0887. The number of anilines is 1. The molecule has 3 aromatic rings. The quantitative estimate of drug-likeness (QED) is 0.639. The van der Waals surface area contributed by atoms with E-state index in [-0.39, 0.29) is 11.1 Å². The Morgan fingerprint density at radius 3 is 2.42 bits per heavy atom. The van der Waals surface area contributed by atoms with Crippen molar-refractivity contribution < 1.29 is 4.74 Å². The van der Waals surface area contributed by atoms with Crippen molar-refractivity contribution in [3.05, 3.63) is 42.6 Å². The molecule has 164 valence electrons. The molecule has 4 rings (SSSR count). The van der Waals surface area contributed by atoms with Crippen LogP contribution in [0.3, 0.4) is 0 Å². The Kier molecular flexibility index (Phi) is 5.60. The van der Waals surface area contributed by atoms with Crippen LogP contribution in [-0.2, 0) is 0 Å². The van der Waals surface area contributed by atoms with E-state index in [1.807, 2.05) is 19.1 Å². The summed E-state index contributed by atoms with van der Waals surface area (Å²) in [5.41, 5.74) is 2.03. The largest absolute Gasteiger partial charge is 0.478 e. The van der Waals surface area contributed by atoms with Crippen LogP contribution in [0.25, 0.3) is 22.0 Å². The van der Waals surface area contributed by atoms with E-state index in [1.165, 1.54) is 0 Å². The van der Waals surface area contributed by atoms with Gasteiger partial charge in [-0.05, 0) is 77.1 Å². The molecule has 1 fully saturated rings. The Bertz CT molecular complexity index is 1050. The predicted octanol–water partition coefficient (Wildman–Crippen LogP) is 4.84. The number of ether oxygens (including phenoxy) is 1. The van der Waals surface area contributed by atoms with Gasteiger partial charge in [-0.25, -0.2) is 4.98 Å². The molecule has 0 amide bonds. The Hall–Kier alpha value is -2.73. The average molecular weight is 420 g/mol. The third-order valence-corrected chi connectivity index (χ3v) is 6.03. The van der Waals surface area contributed by atoms with Crippen LogP contribution in [0.4, 0.5) is 5.82 Å². The summed E-state index contributed by atoms with van der Waals surface area (Å²) in [6.45, 7) is 11.6. The van der Waals surface area contributed by atoms with Gasteiger partial charge in [0.1, 0.15) is 0 Å². The molecule has 31 heavy (non-hydrogen) atoms. The maximum atomic E-state index is 5.70. The van der Waals surface area contributed by atoms with Crippen LogP contribution < -0.4 is 15.0 Å². The van der Waals surface area contributed by atoms with Crippen LogP contribution >= 0.6 is 0 Å². The molecule has 0 bridgehead atoms. The van der Waals surface area contributed by atoms with Gasteiger partial charge in [0, 0.05) is 41.3 Å². The fourth-order valence-electron chi connectivity index (χ4n) is 4.95. The number of benzene rings is 1. The van der Waals surface area contributed by atoms with Crippen molar-refractivity contribution in [1.29, 1.82) is 0 Å². The first-order valence-electron chi connectivity index (χ1n) is 11.1. The van der Waals surface area contributed by atoms with Gasteiger partial charge in [-0.3, -0.25) is 0 Å². The smallest absolute Gasteiger partial charge is 0.221 e. The van der Waals surface area contributed by atoms with E-state index in [2.05, 4.69) is 84.4 Å². The lowest BCUT2D eigenvalue weighted by atomic mass is 9.79. The Balaban J connectivity index is 1.59. The van der Waals surface area contributed by atoms with Gasteiger partial charge in [-0.1, -0.05) is 12.1 Å². The van der Waals surface area contributed by atoms with Crippen LogP contribution in [0.2, 0.25) is 0 Å². The second kappa shape index (κ2) is 8.08. The summed E-state index contributed by atoms with van der Waals surface area (Å²) in [6, 6.07) is 12.8. The molecule has 1 aliphatic rings. The first-order valence-corrected chi connectivity index (χ1v) is 11.1. The topological polar surface area (TPSA) is 63.2 Å². The number of nitrogens with one attached hydrogen (secondary N) is 1. The third-order valence-electron chi connectivity index (χ3n) is 6.03. The van der Waals surface area contributed by atoms with Crippen LogP contribution in [-0.4, -0.2) is 46.0 Å². The molecular weight excluding hydrogens is 386 g/mol. The van der Waals surface area contributed by atoms with Crippen molar-refractivity contribution in [2.75, 3.05) is 18.6 Å². The number of fused-ring (bicyclic) bond motifs is 1. The van der Waals surface area contributed by atoms with Crippen LogP contribution in [0.15, 0.2) is 42.6 Å². The average Bonchev–Trinajstić information content (AvgIpc) is 2.71. The number of rotatable bonds is 5. The van der Waals surface area contributed by atoms with E-state index >= 15 is 0 Å². The normalized spacial score (nSPS) is 18.1. The van der Waals surface area contributed by atoms with E-state index in [4.69, 9.17) is 4.74 Å². The summed E-state index contributed by atoms with van der Waals surface area (Å²) in [5.74, 6) is 1.56. The molecule has 1 saturated heterocycles. The molecule has 6 nitrogen and oxygen atoms in total. The standard InChI is InChI=1S/C25H33N5O/c1-7-31-23-20-14-18(9-8-17(20)12-13-26-23)21-10-11-22(28-27-21)30(6)19-15-24(2,3)29-25(4,5)16-19/h8-14,19,29H,7,15-16H2,1-6H3. The van der Waals surface area contributed by atoms with Gasteiger partial charge in [0.05, 0.1) is 12.3 Å². The van der Waals surface area contributed by atoms with Crippen molar-refractivity contribution in [2.24, 2.45) is 0 Å². The van der Waals surface area contributed by atoms with E-state index in [0.29, 0.717) is 18.5 Å².